The summed E-state index contributed by atoms with van der Waals surface area (Å²) in [6, 6.07) is 14.7. The summed E-state index contributed by atoms with van der Waals surface area (Å²) in [6.45, 7) is 0. The Hall–Kier alpha value is -3.15. The van der Waals surface area contributed by atoms with Gasteiger partial charge in [0.1, 0.15) is 11.4 Å². The van der Waals surface area contributed by atoms with Crippen molar-refractivity contribution in [3.63, 3.8) is 0 Å². The molecule has 6 nitrogen and oxygen atoms in total. The Morgan fingerprint density at radius 1 is 1.23 bits per heavy atom. The topological polar surface area (TPSA) is 79.4 Å². The molecule has 0 saturated heterocycles. The molecule has 0 fully saturated rings. The standard InChI is InChI=1S/C16H14N4O2/c1-22-12-6-4-5-11(9-12)20-17-10-15-16(21)19-14-8-3-2-7-13(14)18-15/h2-10,20H,1H3,(H,19,21). The largest absolute Gasteiger partial charge is 0.497 e. The van der Waals surface area contributed by atoms with E-state index < -0.39 is 0 Å². The van der Waals surface area contributed by atoms with E-state index in [2.05, 4.69) is 20.5 Å². The SMILES string of the molecule is COc1cccc(NN=Cc2nc3ccccc3[nH]c2=O)c1. The van der Waals surface area contributed by atoms with Gasteiger partial charge in [-0.05, 0) is 24.3 Å². The molecule has 0 aliphatic heterocycles. The van der Waals surface area contributed by atoms with Crippen LogP contribution in [0.15, 0.2) is 58.4 Å². The first-order valence-electron chi connectivity index (χ1n) is 6.68. The average molecular weight is 294 g/mol. The number of benzene rings is 2. The zero-order chi connectivity index (χ0) is 15.4. The highest BCUT2D eigenvalue weighted by Crippen LogP contribution is 2.16. The predicted octanol–water partition coefficient (Wildman–Crippen LogP) is 2.38. The van der Waals surface area contributed by atoms with Gasteiger partial charge in [0.05, 0.1) is 30.0 Å². The Balaban J connectivity index is 1.83. The summed E-state index contributed by atoms with van der Waals surface area (Å²) >= 11 is 0. The molecule has 1 aromatic heterocycles. The molecule has 1 heterocycles. The molecule has 110 valence electrons. The second-order valence-electron chi connectivity index (χ2n) is 4.57. The number of methoxy groups -OCH3 is 1. The van der Waals surface area contributed by atoms with Crippen LogP contribution in [0.2, 0.25) is 0 Å². The van der Waals surface area contributed by atoms with Crippen LogP contribution in [0.25, 0.3) is 11.0 Å². The van der Waals surface area contributed by atoms with Crippen LogP contribution in [-0.2, 0) is 0 Å². The highest BCUT2D eigenvalue weighted by molar-refractivity contribution is 5.82. The minimum Gasteiger partial charge on any atom is -0.497 e. The smallest absolute Gasteiger partial charge is 0.276 e. The van der Waals surface area contributed by atoms with Crippen LogP contribution in [0, 0.1) is 0 Å². The van der Waals surface area contributed by atoms with Crippen LogP contribution in [0.1, 0.15) is 5.69 Å². The van der Waals surface area contributed by atoms with Gasteiger partial charge in [-0.25, -0.2) is 4.98 Å². The number of ether oxygens (including phenoxy) is 1. The molecular formula is C16H14N4O2. The lowest BCUT2D eigenvalue weighted by Gasteiger charge is -2.03. The summed E-state index contributed by atoms with van der Waals surface area (Å²) in [4.78, 5) is 19.0. The maximum atomic E-state index is 11.9. The lowest BCUT2D eigenvalue weighted by molar-refractivity contribution is 0.415. The molecule has 0 aliphatic rings. The zero-order valence-corrected chi connectivity index (χ0v) is 11.9. The fourth-order valence-corrected chi connectivity index (χ4v) is 1.99. The minimum absolute atomic E-state index is 0.245. The quantitative estimate of drug-likeness (QED) is 0.572. The summed E-state index contributed by atoms with van der Waals surface area (Å²) in [6.07, 6.45) is 1.39. The molecule has 2 aromatic carbocycles. The second kappa shape index (κ2) is 6.09. The number of hydrogen-bond acceptors (Lipinski definition) is 5. The van der Waals surface area contributed by atoms with Crippen molar-refractivity contribution >= 4 is 22.9 Å². The van der Waals surface area contributed by atoms with Gasteiger partial charge < -0.3 is 9.72 Å². The van der Waals surface area contributed by atoms with Gasteiger partial charge in [-0.1, -0.05) is 18.2 Å². The van der Waals surface area contributed by atoms with Gasteiger partial charge in [-0.2, -0.15) is 5.10 Å². The van der Waals surface area contributed by atoms with Gasteiger partial charge in [0, 0.05) is 6.07 Å². The van der Waals surface area contributed by atoms with E-state index in [1.807, 2.05) is 36.4 Å². The normalized spacial score (nSPS) is 11.0. The molecule has 6 heteroatoms. The van der Waals surface area contributed by atoms with Crippen LogP contribution in [0.3, 0.4) is 0 Å². The van der Waals surface area contributed by atoms with E-state index in [1.54, 1.807) is 19.2 Å². The molecule has 0 radical (unpaired) electrons. The number of aromatic nitrogens is 2. The molecule has 3 aromatic rings. The molecule has 2 N–H and O–H groups in total. The van der Waals surface area contributed by atoms with Gasteiger partial charge in [0.25, 0.3) is 5.56 Å². The van der Waals surface area contributed by atoms with Crippen molar-refractivity contribution < 1.29 is 4.74 Å². The van der Waals surface area contributed by atoms with Crippen LogP contribution >= 0.6 is 0 Å². The summed E-state index contributed by atoms with van der Waals surface area (Å²) in [7, 11) is 1.60. The summed E-state index contributed by atoms with van der Waals surface area (Å²) < 4.78 is 5.13. The fourth-order valence-electron chi connectivity index (χ4n) is 1.99. The van der Waals surface area contributed by atoms with Gasteiger partial charge in [-0.15, -0.1) is 0 Å². The van der Waals surface area contributed by atoms with E-state index >= 15 is 0 Å². The van der Waals surface area contributed by atoms with Crippen LogP contribution < -0.4 is 15.7 Å². The third kappa shape index (κ3) is 2.95. The molecule has 0 unspecified atom stereocenters. The van der Waals surface area contributed by atoms with Crippen LogP contribution in [-0.4, -0.2) is 23.3 Å². The van der Waals surface area contributed by atoms with Crippen LogP contribution in [0.5, 0.6) is 5.75 Å². The highest BCUT2D eigenvalue weighted by Gasteiger charge is 2.01. The van der Waals surface area contributed by atoms with Crippen molar-refractivity contribution in [2.24, 2.45) is 5.10 Å². The summed E-state index contributed by atoms with van der Waals surface area (Å²) in [5.41, 5.74) is 4.97. The summed E-state index contributed by atoms with van der Waals surface area (Å²) in [5, 5.41) is 4.04. The number of nitrogens with one attached hydrogen (secondary N) is 2. The molecule has 22 heavy (non-hydrogen) atoms. The Morgan fingerprint density at radius 2 is 2.09 bits per heavy atom. The van der Waals surface area contributed by atoms with Gasteiger partial charge >= 0.3 is 0 Å². The van der Waals surface area contributed by atoms with E-state index in [0.29, 0.717) is 11.0 Å². The third-order valence-corrected chi connectivity index (χ3v) is 3.08. The van der Waals surface area contributed by atoms with Gasteiger partial charge in [0.2, 0.25) is 0 Å². The van der Waals surface area contributed by atoms with Crippen molar-refractivity contribution in [2.45, 2.75) is 0 Å². The molecule has 0 amide bonds. The predicted molar refractivity (Wildman–Crippen MR) is 86.6 cm³/mol. The minimum atomic E-state index is -0.283. The monoisotopic (exact) mass is 294 g/mol. The highest BCUT2D eigenvalue weighted by atomic mass is 16.5. The number of hydrogen-bond donors (Lipinski definition) is 2. The van der Waals surface area contributed by atoms with E-state index in [-0.39, 0.29) is 11.3 Å². The molecule has 0 saturated carbocycles. The first kappa shape index (κ1) is 13.8. The Kier molecular flexibility index (Phi) is 3.82. The number of nitrogens with zero attached hydrogens (tertiary/aromatic N) is 2. The van der Waals surface area contributed by atoms with Crippen LogP contribution in [0.4, 0.5) is 5.69 Å². The van der Waals surface area contributed by atoms with Crippen molar-refractivity contribution in [3.8, 4) is 5.75 Å². The number of aromatic amines is 1. The second-order valence-corrected chi connectivity index (χ2v) is 4.57. The first-order chi connectivity index (χ1) is 10.8. The number of anilines is 1. The molecule has 0 bridgehead atoms. The molecule has 0 atom stereocenters. The summed E-state index contributed by atoms with van der Waals surface area (Å²) in [5.74, 6) is 0.724. The van der Waals surface area contributed by atoms with Crippen molar-refractivity contribution in [1.29, 1.82) is 0 Å². The number of rotatable bonds is 4. The molecule has 3 rings (SSSR count). The number of fused-ring (bicyclic) bond motifs is 1. The number of hydrazone groups is 1. The van der Waals surface area contributed by atoms with E-state index in [4.69, 9.17) is 4.74 Å². The average Bonchev–Trinajstić information content (AvgIpc) is 2.55. The number of para-hydroxylation sites is 2. The van der Waals surface area contributed by atoms with Gasteiger partial charge in [-0.3, -0.25) is 10.2 Å². The van der Waals surface area contributed by atoms with Crippen molar-refractivity contribution in [2.75, 3.05) is 12.5 Å². The zero-order valence-electron chi connectivity index (χ0n) is 11.9. The maximum Gasteiger partial charge on any atom is 0.276 e. The van der Waals surface area contributed by atoms with Crippen molar-refractivity contribution in [3.05, 3.63) is 64.6 Å². The lowest BCUT2D eigenvalue weighted by Crippen LogP contribution is -2.15. The first-order valence-corrected chi connectivity index (χ1v) is 6.68. The molecule has 0 spiro atoms. The lowest BCUT2D eigenvalue weighted by atomic mass is 10.3. The Labute approximate surface area is 126 Å². The van der Waals surface area contributed by atoms with Crippen molar-refractivity contribution in [1.82, 2.24) is 9.97 Å². The maximum absolute atomic E-state index is 11.9. The fraction of sp³-hybridized carbons (Fsp3) is 0.0625. The molecular weight excluding hydrogens is 280 g/mol. The van der Waals surface area contributed by atoms with Gasteiger partial charge in [0.15, 0.2) is 0 Å². The van der Waals surface area contributed by atoms with E-state index in [0.717, 1.165) is 11.4 Å². The molecule has 0 aliphatic carbocycles. The third-order valence-electron chi connectivity index (χ3n) is 3.08. The number of H-pyrrole nitrogens is 1. The Morgan fingerprint density at radius 3 is 2.95 bits per heavy atom. The van der Waals surface area contributed by atoms with E-state index in [1.165, 1.54) is 6.21 Å². The van der Waals surface area contributed by atoms with E-state index in [9.17, 15) is 4.79 Å². The Bertz CT molecular complexity index is 886.